The highest BCUT2D eigenvalue weighted by atomic mass is 79.9. The third kappa shape index (κ3) is 7.82. The Labute approximate surface area is 89.7 Å². The average molecular weight is 388 g/mol. The van der Waals surface area contributed by atoms with E-state index in [0.717, 1.165) is 11.8 Å². The summed E-state index contributed by atoms with van der Waals surface area (Å²) in [6, 6.07) is 0. The average Bonchev–Trinajstić information content (AvgIpc) is 1.63. The van der Waals surface area contributed by atoms with Crippen molar-refractivity contribution in [2.24, 2.45) is 0 Å². The summed E-state index contributed by atoms with van der Waals surface area (Å²) in [4.78, 5) is 0.612. The molecule has 0 saturated carbocycles. The molecular formula is C5H8Br4. The summed E-state index contributed by atoms with van der Waals surface area (Å²) < 4.78 is 0.438. The van der Waals surface area contributed by atoms with Crippen LogP contribution in [0, 0.1) is 0 Å². The Kier molecular flexibility index (Phi) is 8.03. The van der Waals surface area contributed by atoms with Gasteiger partial charge in [0.1, 0.15) is 0 Å². The van der Waals surface area contributed by atoms with Gasteiger partial charge in [0, 0.05) is 10.2 Å². The first-order valence-electron chi connectivity index (χ1n) is 2.65. The second-order valence-electron chi connectivity index (χ2n) is 1.70. The highest BCUT2D eigenvalue weighted by molar-refractivity contribution is 9.24. The van der Waals surface area contributed by atoms with E-state index in [2.05, 4.69) is 63.7 Å². The van der Waals surface area contributed by atoms with E-state index in [1.165, 1.54) is 6.42 Å². The Balaban J connectivity index is 3.15. The van der Waals surface area contributed by atoms with Crippen LogP contribution >= 0.6 is 63.7 Å². The number of halogens is 4. The summed E-state index contributed by atoms with van der Waals surface area (Å²) in [6.07, 6.45) is 2.29. The molecule has 4 heteroatoms. The molecule has 0 rings (SSSR count). The predicted molar refractivity (Wildman–Crippen MR) is 57.4 cm³/mol. The maximum Gasteiger partial charge on any atom is 0.0708 e. The molecule has 1 atom stereocenters. The van der Waals surface area contributed by atoms with Gasteiger partial charge in [-0.2, -0.15) is 0 Å². The van der Waals surface area contributed by atoms with Crippen molar-refractivity contribution in [1.29, 1.82) is 0 Å². The van der Waals surface area contributed by atoms with Crippen LogP contribution in [0.2, 0.25) is 0 Å². The fraction of sp³-hybridized carbons (Fsp3) is 1.00. The molecule has 0 amide bonds. The van der Waals surface area contributed by atoms with Crippen molar-refractivity contribution in [3.05, 3.63) is 0 Å². The van der Waals surface area contributed by atoms with E-state index in [0.29, 0.717) is 8.56 Å². The normalized spacial score (nSPS) is 14.3. The summed E-state index contributed by atoms with van der Waals surface area (Å²) >= 11 is 13.8. The van der Waals surface area contributed by atoms with Crippen LogP contribution in [0.5, 0.6) is 0 Å². The van der Waals surface area contributed by atoms with Gasteiger partial charge in [-0.25, -0.2) is 0 Å². The van der Waals surface area contributed by atoms with Crippen molar-refractivity contribution in [2.75, 3.05) is 5.33 Å². The minimum Gasteiger partial charge on any atom is -0.0928 e. The standard InChI is InChI=1S/C5H8Br4/c6-2-1-4(7)3-5(8)9/h4-5H,1-3H2. The predicted octanol–water partition coefficient (Wildman–Crippen LogP) is 4.04. The second kappa shape index (κ2) is 6.62. The van der Waals surface area contributed by atoms with E-state index in [1.807, 2.05) is 0 Å². The van der Waals surface area contributed by atoms with E-state index < -0.39 is 0 Å². The summed E-state index contributed by atoms with van der Waals surface area (Å²) in [6.45, 7) is 0. The van der Waals surface area contributed by atoms with Crippen LogP contribution in [0.25, 0.3) is 0 Å². The molecule has 0 nitrogen and oxygen atoms in total. The van der Waals surface area contributed by atoms with Gasteiger partial charge in [0.05, 0.1) is 3.74 Å². The molecule has 0 saturated heterocycles. The van der Waals surface area contributed by atoms with Crippen LogP contribution in [0.1, 0.15) is 12.8 Å². The highest BCUT2D eigenvalue weighted by Crippen LogP contribution is 2.21. The monoisotopic (exact) mass is 384 g/mol. The first-order valence-corrected chi connectivity index (χ1v) is 6.52. The molecule has 0 aromatic carbocycles. The summed E-state index contributed by atoms with van der Waals surface area (Å²) in [5, 5.41) is 1.07. The quantitative estimate of drug-likeness (QED) is 0.639. The molecule has 0 aliphatic heterocycles. The van der Waals surface area contributed by atoms with E-state index in [9.17, 15) is 0 Å². The van der Waals surface area contributed by atoms with Crippen molar-refractivity contribution in [3.63, 3.8) is 0 Å². The summed E-state index contributed by atoms with van der Waals surface area (Å²) in [7, 11) is 0. The maximum absolute atomic E-state index is 3.55. The zero-order valence-corrected chi connectivity index (χ0v) is 11.1. The Morgan fingerprint density at radius 1 is 1.11 bits per heavy atom. The number of hydrogen-bond acceptors (Lipinski definition) is 0. The molecule has 0 spiro atoms. The van der Waals surface area contributed by atoms with Crippen LogP contribution in [-0.4, -0.2) is 13.9 Å². The van der Waals surface area contributed by atoms with Gasteiger partial charge in [0.2, 0.25) is 0 Å². The van der Waals surface area contributed by atoms with E-state index in [4.69, 9.17) is 0 Å². The Morgan fingerprint density at radius 2 is 1.67 bits per heavy atom. The molecule has 0 bridgehead atoms. The fourth-order valence-corrected chi connectivity index (χ4v) is 4.11. The van der Waals surface area contributed by atoms with Gasteiger partial charge >= 0.3 is 0 Å². The van der Waals surface area contributed by atoms with Crippen molar-refractivity contribution in [1.82, 2.24) is 0 Å². The molecule has 0 heterocycles. The summed E-state index contributed by atoms with van der Waals surface area (Å²) in [5.41, 5.74) is 0. The molecule has 0 fully saturated rings. The molecule has 0 aromatic rings. The minimum atomic E-state index is 0.438. The Bertz CT molecular complexity index is 64.0. The highest BCUT2D eigenvalue weighted by Gasteiger charge is 2.06. The molecule has 56 valence electrons. The lowest BCUT2D eigenvalue weighted by Crippen LogP contribution is -2.02. The molecule has 0 aliphatic rings. The van der Waals surface area contributed by atoms with Crippen molar-refractivity contribution in [2.45, 2.75) is 21.4 Å². The van der Waals surface area contributed by atoms with E-state index >= 15 is 0 Å². The van der Waals surface area contributed by atoms with Crippen LogP contribution in [0.15, 0.2) is 0 Å². The number of hydrogen-bond donors (Lipinski definition) is 0. The molecule has 9 heavy (non-hydrogen) atoms. The third-order valence-corrected chi connectivity index (χ3v) is 2.89. The topological polar surface area (TPSA) is 0 Å². The molecule has 0 N–H and O–H groups in total. The first kappa shape index (κ1) is 10.9. The lowest BCUT2D eigenvalue weighted by Gasteiger charge is -2.06. The Morgan fingerprint density at radius 3 is 2.00 bits per heavy atom. The van der Waals surface area contributed by atoms with E-state index in [-0.39, 0.29) is 0 Å². The smallest absolute Gasteiger partial charge is 0.0708 e. The molecular weight excluding hydrogens is 380 g/mol. The minimum absolute atomic E-state index is 0.438. The van der Waals surface area contributed by atoms with Crippen LogP contribution in [0.3, 0.4) is 0 Å². The van der Waals surface area contributed by atoms with Gasteiger partial charge in [-0.15, -0.1) is 0 Å². The maximum atomic E-state index is 3.55. The van der Waals surface area contributed by atoms with Gasteiger partial charge in [-0.1, -0.05) is 63.7 Å². The SMILES string of the molecule is BrCCC(Br)CC(Br)Br. The third-order valence-electron chi connectivity index (χ3n) is 0.856. The van der Waals surface area contributed by atoms with Crippen molar-refractivity contribution >= 4 is 63.7 Å². The van der Waals surface area contributed by atoms with Gasteiger partial charge in [0.15, 0.2) is 0 Å². The Hall–Kier alpha value is 1.92. The van der Waals surface area contributed by atoms with Gasteiger partial charge in [-0.05, 0) is 12.8 Å². The second-order valence-corrected chi connectivity index (χ2v) is 7.23. The fourth-order valence-electron chi connectivity index (χ4n) is 0.430. The number of rotatable bonds is 4. The molecule has 0 aromatic heterocycles. The van der Waals surface area contributed by atoms with Gasteiger partial charge in [-0.3, -0.25) is 0 Å². The molecule has 0 radical (unpaired) electrons. The largest absolute Gasteiger partial charge is 0.0928 e. The molecule has 1 unspecified atom stereocenters. The van der Waals surface area contributed by atoms with Gasteiger partial charge < -0.3 is 0 Å². The van der Waals surface area contributed by atoms with Crippen LogP contribution in [0.4, 0.5) is 0 Å². The van der Waals surface area contributed by atoms with Crippen molar-refractivity contribution < 1.29 is 0 Å². The van der Waals surface area contributed by atoms with Gasteiger partial charge in [0.25, 0.3) is 0 Å². The lowest BCUT2D eigenvalue weighted by atomic mass is 10.3. The number of alkyl halides is 4. The van der Waals surface area contributed by atoms with E-state index in [1.54, 1.807) is 0 Å². The lowest BCUT2D eigenvalue weighted by molar-refractivity contribution is 0.814. The summed E-state index contributed by atoms with van der Waals surface area (Å²) in [5.74, 6) is 0. The van der Waals surface area contributed by atoms with Crippen molar-refractivity contribution in [3.8, 4) is 0 Å². The van der Waals surface area contributed by atoms with Crippen LogP contribution < -0.4 is 0 Å². The molecule has 0 aliphatic carbocycles. The zero-order valence-electron chi connectivity index (χ0n) is 4.79. The zero-order chi connectivity index (χ0) is 7.28. The first-order chi connectivity index (χ1) is 4.16. The van der Waals surface area contributed by atoms with Crippen LogP contribution in [-0.2, 0) is 0 Å².